The van der Waals surface area contributed by atoms with Crippen LogP contribution in [0.15, 0.2) is 28.7 Å². The van der Waals surface area contributed by atoms with Crippen LogP contribution < -0.4 is 10.1 Å². The van der Waals surface area contributed by atoms with Crippen molar-refractivity contribution in [1.29, 1.82) is 0 Å². The number of ether oxygens (including phenoxy) is 1. The van der Waals surface area contributed by atoms with Gasteiger partial charge in [0, 0.05) is 11.0 Å². The molecule has 0 aromatic heterocycles. The highest BCUT2D eigenvalue weighted by Gasteiger charge is 1.99. The molecule has 1 atom stereocenters. The Kier molecular flexibility index (Phi) is 5.99. The number of rotatable bonds is 6. The summed E-state index contributed by atoms with van der Waals surface area (Å²) in [5.41, 5.74) is 0. The second kappa shape index (κ2) is 7.32. The SMILES string of the molecule is C#CC(CC)NCCOc1cccc(Br)c1. The average Bonchev–Trinajstić information content (AvgIpc) is 2.29. The summed E-state index contributed by atoms with van der Waals surface area (Å²) in [4.78, 5) is 0. The molecule has 2 nitrogen and oxygen atoms in total. The predicted octanol–water partition coefficient (Wildman–Crippen LogP) is 2.83. The van der Waals surface area contributed by atoms with Crippen LogP contribution in [0.2, 0.25) is 0 Å². The molecule has 0 heterocycles. The third-order valence-electron chi connectivity index (χ3n) is 2.17. The lowest BCUT2D eigenvalue weighted by molar-refractivity contribution is 0.310. The van der Waals surface area contributed by atoms with Crippen LogP contribution in [0.25, 0.3) is 0 Å². The lowest BCUT2D eigenvalue weighted by atomic mass is 10.2. The molecule has 1 unspecified atom stereocenters. The van der Waals surface area contributed by atoms with Crippen molar-refractivity contribution in [2.45, 2.75) is 19.4 Å². The van der Waals surface area contributed by atoms with Crippen molar-refractivity contribution in [1.82, 2.24) is 5.32 Å². The van der Waals surface area contributed by atoms with E-state index in [1.54, 1.807) is 0 Å². The van der Waals surface area contributed by atoms with Gasteiger partial charge in [-0.2, -0.15) is 0 Å². The van der Waals surface area contributed by atoms with Crippen molar-refractivity contribution < 1.29 is 4.74 Å². The minimum absolute atomic E-state index is 0.145. The molecular weight excluding hydrogens is 266 g/mol. The second-order valence-electron chi connectivity index (χ2n) is 3.39. The van der Waals surface area contributed by atoms with E-state index in [1.165, 1.54) is 0 Å². The van der Waals surface area contributed by atoms with Crippen LogP contribution in [0.3, 0.4) is 0 Å². The van der Waals surface area contributed by atoms with Gasteiger partial charge < -0.3 is 10.1 Å². The minimum Gasteiger partial charge on any atom is -0.492 e. The fourth-order valence-corrected chi connectivity index (χ4v) is 1.66. The Hall–Kier alpha value is -0.980. The number of hydrogen-bond acceptors (Lipinski definition) is 2. The van der Waals surface area contributed by atoms with Crippen molar-refractivity contribution in [2.24, 2.45) is 0 Å². The Morgan fingerprint density at radius 1 is 1.56 bits per heavy atom. The van der Waals surface area contributed by atoms with Crippen LogP contribution in [0.5, 0.6) is 5.75 Å². The third-order valence-corrected chi connectivity index (χ3v) is 2.66. The first-order valence-corrected chi connectivity index (χ1v) is 6.13. The normalized spacial score (nSPS) is 11.8. The monoisotopic (exact) mass is 281 g/mol. The molecule has 0 bridgehead atoms. The number of halogens is 1. The van der Waals surface area contributed by atoms with Crippen LogP contribution in [-0.2, 0) is 0 Å². The zero-order valence-electron chi connectivity index (χ0n) is 9.37. The number of benzene rings is 1. The van der Waals surface area contributed by atoms with E-state index in [4.69, 9.17) is 11.2 Å². The van der Waals surface area contributed by atoms with Gasteiger partial charge in [0.1, 0.15) is 12.4 Å². The van der Waals surface area contributed by atoms with Crippen LogP contribution >= 0.6 is 15.9 Å². The highest BCUT2D eigenvalue weighted by atomic mass is 79.9. The first-order valence-electron chi connectivity index (χ1n) is 5.34. The highest BCUT2D eigenvalue weighted by Crippen LogP contribution is 2.17. The molecule has 0 saturated carbocycles. The van der Waals surface area contributed by atoms with Gasteiger partial charge in [-0.1, -0.05) is 34.8 Å². The van der Waals surface area contributed by atoms with E-state index in [2.05, 4.69) is 34.1 Å². The Bertz CT molecular complexity index is 359. The molecule has 0 fully saturated rings. The van der Waals surface area contributed by atoms with Crippen molar-refractivity contribution in [3.05, 3.63) is 28.7 Å². The fraction of sp³-hybridized carbons (Fsp3) is 0.385. The summed E-state index contributed by atoms with van der Waals surface area (Å²) in [5.74, 6) is 3.55. The van der Waals surface area contributed by atoms with E-state index in [-0.39, 0.29) is 6.04 Å². The topological polar surface area (TPSA) is 21.3 Å². The molecule has 1 aromatic carbocycles. The molecule has 0 aliphatic heterocycles. The van der Waals surface area contributed by atoms with Crippen molar-refractivity contribution in [3.63, 3.8) is 0 Å². The lowest BCUT2D eigenvalue weighted by Crippen LogP contribution is -2.30. The molecule has 0 amide bonds. The molecule has 16 heavy (non-hydrogen) atoms. The molecule has 0 radical (unpaired) electrons. The summed E-state index contributed by atoms with van der Waals surface area (Å²) in [6, 6.07) is 7.94. The Labute approximate surface area is 106 Å². The molecule has 3 heteroatoms. The van der Waals surface area contributed by atoms with Crippen LogP contribution in [0, 0.1) is 12.3 Å². The van der Waals surface area contributed by atoms with Crippen LogP contribution in [-0.4, -0.2) is 19.2 Å². The number of terminal acetylenes is 1. The molecule has 0 aliphatic carbocycles. The summed E-state index contributed by atoms with van der Waals surface area (Å²) in [5, 5.41) is 3.23. The summed E-state index contributed by atoms with van der Waals surface area (Å²) in [7, 11) is 0. The molecule has 0 spiro atoms. The van der Waals surface area contributed by atoms with Gasteiger partial charge in [-0.05, 0) is 24.6 Å². The van der Waals surface area contributed by atoms with Crippen molar-refractivity contribution >= 4 is 15.9 Å². The fourth-order valence-electron chi connectivity index (χ4n) is 1.28. The highest BCUT2D eigenvalue weighted by molar-refractivity contribution is 9.10. The Balaban J connectivity index is 2.24. The van der Waals surface area contributed by atoms with E-state index in [1.807, 2.05) is 24.3 Å². The van der Waals surface area contributed by atoms with E-state index < -0.39 is 0 Å². The molecule has 0 saturated heterocycles. The number of hydrogen-bond donors (Lipinski definition) is 1. The first kappa shape index (κ1) is 13.1. The lowest BCUT2D eigenvalue weighted by Gasteiger charge is -2.11. The van der Waals surface area contributed by atoms with Crippen LogP contribution in [0.4, 0.5) is 0 Å². The molecular formula is C13H16BrNO. The van der Waals surface area contributed by atoms with E-state index in [0.29, 0.717) is 6.61 Å². The zero-order chi connectivity index (χ0) is 11.8. The third kappa shape index (κ3) is 4.69. The predicted molar refractivity (Wildman–Crippen MR) is 70.6 cm³/mol. The maximum absolute atomic E-state index is 5.57. The Morgan fingerprint density at radius 3 is 3.00 bits per heavy atom. The zero-order valence-corrected chi connectivity index (χ0v) is 11.0. The molecule has 0 aliphatic rings. The molecule has 1 aromatic rings. The quantitative estimate of drug-likeness (QED) is 0.640. The average molecular weight is 282 g/mol. The summed E-state index contributed by atoms with van der Waals surface area (Å²) >= 11 is 3.39. The van der Waals surface area contributed by atoms with Crippen molar-refractivity contribution in [3.8, 4) is 18.1 Å². The smallest absolute Gasteiger partial charge is 0.120 e. The maximum Gasteiger partial charge on any atom is 0.120 e. The minimum atomic E-state index is 0.145. The number of nitrogens with one attached hydrogen (secondary N) is 1. The van der Waals surface area contributed by atoms with E-state index >= 15 is 0 Å². The molecule has 1 N–H and O–H groups in total. The van der Waals surface area contributed by atoms with E-state index in [0.717, 1.165) is 23.2 Å². The second-order valence-corrected chi connectivity index (χ2v) is 4.30. The van der Waals surface area contributed by atoms with Gasteiger partial charge in [0.2, 0.25) is 0 Å². The maximum atomic E-state index is 5.57. The van der Waals surface area contributed by atoms with Gasteiger partial charge in [-0.25, -0.2) is 0 Å². The van der Waals surface area contributed by atoms with Crippen LogP contribution in [0.1, 0.15) is 13.3 Å². The molecule has 86 valence electrons. The van der Waals surface area contributed by atoms with Gasteiger partial charge in [-0.15, -0.1) is 6.42 Å². The van der Waals surface area contributed by atoms with Gasteiger partial charge in [0.25, 0.3) is 0 Å². The van der Waals surface area contributed by atoms with Gasteiger partial charge in [0.05, 0.1) is 6.04 Å². The standard InChI is InChI=1S/C13H16BrNO/c1-3-12(4-2)15-8-9-16-13-7-5-6-11(14)10-13/h1,5-7,10,12,15H,4,8-9H2,2H3. The Morgan fingerprint density at radius 2 is 2.38 bits per heavy atom. The summed E-state index contributed by atoms with van der Waals surface area (Å²) in [6.45, 7) is 3.44. The summed E-state index contributed by atoms with van der Waals surface area (Å²) < 4.78 is 6.59. The van der Waals surface area contributed by atoms with E-state index in [9.17, 15) is 0 Å². The van der Waals surface area contributed by atoms with Gasteiger partial charge in [0.15, 0.2) is 0 Å². The van der Waals surface area contributed by atoms with Crippen molar-refractivity contribution in [2.75, 3.05) is 13.2 Å². The largest absolute Gasteiger partial charge is 0.492 e. The molecule has 1 rings (SSSR count). The van der Waals surface area contributed by atoms with Gasteiger partial charge >= 0.3 is 0 Å². The summed E-state index contributed by atoms with van der Waals surface area (Å²) in [6.07, 6.45) is 6.27. The van der Waals surface area contributed by atoms with Gasteiger partial charge in [-0.3, -0.25) is 0 Å². The first-order chi connectivity index (χ1) is 7.76.